The Bertz CT molecular complexity index is 2560. The lowest BCUT2D eigenvalue weighted by Crippen LogP contribution is -2.60. The van der Waals surface area contributed by atoms with Gasteiger partial charge in [0.2, 0.25) is 47.3 Å². The van der Waals surface area contributed by atoms with E-state index < -0.39 is 121 Å². The SMILES string of the molecule is NCCCC[C@H](NC(=O)[C@H](Cc1ccccc1)NC(=O)[C@@H](Cc1ccccc1)NC(=O)[C@H](CO)NC(=O)[C@H](Cc1ccccc1)NC(=O)CNC(=O)[C@@H]1C[C@@H](O)CN1C(=O)[C@@H]1CCCN1C(=O)[C@@H](N)CCCN=C(N)N)C(=O)O. The van der Waals surface area contributed by atoms with Crippen molar-refractivity contribution in [1.82, 2.24) is 41.7 Å². The number of carboxylic acids is 1. The zero-order chi connectivity index (χ0) is 57.4. The first-order valence-electron chi connectivity index (χ1n) is 26.4. The first-order chi connectivity index (χ1) is 37.9. The summed E-state index contributed by atoms with van der Waals surface area (Å²) in [6.07, 6.45) is 0.938. The van der Waals surface area contributed by atoms with E-state index in [-0.39, 0.29) is 64.1 Å². The van der Waals surface area contributed by atoms with E-state index in [1.54, 1.807) is 91.0 Å². The number of hydrogen-bond donors (Lipinski definition) is 13. The normalized spacial score (nSPS) is 18.1. The molecule has 17 N–H and O–H groups in total. The number of rotatable bonds is 30. The Labute approximate surface area is 458 Å². The van der Waals surface area contributed by atoms with Crippen LogP contribution in [-0.4, -0.2) is 178 Å². The van der Waals surface area contributed by atoms with Gasteiger partial charge in [-0.05, 0) is 68.2 Å². The van der Waals surface area contributed by atoms with E-state index in [9.17, 15) is 58.5 Å². The van der Waals surface area contributed by atoms with Crippen molar-refractivity contribution in [2.45, 2.75) is 125 Å². The van der Waals surface area contributed by atoms with Gasteiger partial charge in [-0.15, -0.1) is 0 Å². The molecule has 3 aromatic carbocycles. The van der Waals surface area contributed by atoms with Crippen LogP contribution >= 0.6 is 0 Å². The number of unbranched alkanes of at least 4 members (excludes halogenated alkanes) is 1. The predicted molar refractivity (Wildman–Crippen MR) is 289 cm³/mol. The second-order valence-electron chi connectivity index (χ2n) is 19.6. The average molecular weight is 1100 g/mol. The summed E-state index contributed by atoms with van der Waals surface area (Å²) in [5.41, 5.74) is 24.3. The van der Waals surface area contributed by atoms with Crippen molar-refractivity contribution >= 4 is 59.2 Å². The predicted octanol–water partition coefficient (Wildman–Crippen LogP) is -3.21. The molecule has 2 saturated heterocycles. The highest BCUT2D eigenvalue weighted by atomic mass is 16.4. The number of guanidine groups is 1. The number of aliphatic hydroxyl groups is 2. The molecule has 0 spiro atoms. The van der Waals surface area contributed by atoms with Crippen LogP contribution in [0.3, 0.4) is 0 Å². The fraction of sp³-hybridized carbons (Fsp3) is 0.481. The molecule has 0 bridgehead atoms. The van der Waals surface area contributed by atoms with E-state index in [1.807, 2.05) is 0 Å². The molecule has 3 aromatic rings. The number of hydrogen-bond acceptors (Lipinski definition) is 14. The van der Waals surface area contributed by atoms with Gasteiger partial charge in [-0.1, -0.05) is 91.0 Å². The molecule has 2 heterocycles. The van der Waals surface area contributed by atoms with Gasteiger partial charge in [0.15, 0.2) is 5.96 Å². The van der Waals surface area contributed by atoms with Crippen molar-refractivity contribution in [2.75, 3.05) is 39.3 Å². The number of β-amino-alcohol motifs (C(OH)–C–C–N with tert-alkyl or cyclic N) is 1. The third-order valence-corrected chi connectivity index (χ3v) is 13.5. The Kier molecular flexibility index (Phi) is 24.6. The van der Waals surface area contributed by atoms with Crippen LogP contribution in [0.4, 0.5) is 0 Å². The molecule has 5 rings (SSSR count). The fourth-order valence-corrected chi connectivity index (χ4v) is 9.38. The summed E-state index contributed by atoms with van der Waals surface area (Å²) in [6.45, 7) is -1.03. The van der Waals surface area contributed by atoms with Crippen molar-refractivity contribution < 1.29 is 58.5 Å². The first-order valence-corrected chi connectivity index (χ1v) is 26.4. The molecule has 0 saturated carbocycles. The number of aliphatic hydroxyl groups excluding tert-OH is 2. The second-order valence-corrected chi connectivity index (χ2v) is 19.6. The zero-order valence-corrected chi connectivity index (χ0v) is 44.0. The monoisotopic (exact) mass is 1100 g/mol. The highest BCUT2D eigenvalue weighted by Gasteiger charge is 2.45. The van der Waals surface area contributed by atoms with Crippen LogP contribution in [0.2, 0.25) is 0 Å². The molecule has 79 heavy (non-hydrogen) atoms. The van der Waals surface area contributed by atoms with Crippen LogP contribution in [-0.2, 0) is 62.4 Å². The van der Waals surface area contributed by atoms with Crippen LogP contribution in [0.1, 0.15) is 68.1 Å². The summed E-state index contributed by atoms with van der Waals surface area (Å²) in [4.78, 5) is 130. The van der Waals surface area contributed by atoms with E-state index in [0.29, 0.717) is 55.3 Å². The van der Waals surface area contributed by atoms with Gasteiger partial charge in [-0.2, -0.15) is 0 Å². The molecule has 2 fully saturated rings. The molecular weight excluding hydrogens is 1020 g/mol. The van der Waals surface area contributed by atoms with Gasteiger partial charge < -0.3 is 80.0 Å². The maximum Gasteiger partial charge on any atom is 0.326 e. The lowest BCUT2D eigenvalue weighted by Gasteiger charge is -2.32. The standard InChI is InChI=1S/C54H75N13O12/c55-23-11-10-21-38(53(78)79)62-47(72)40(27-34-16-6-2-7-17-34)63-48(73)41(28-35-18-8-3-9-19-35)64-49(74)42(32-68)65-46(71)39(26-33-14-4-1-5-15-33)61-45(70)30-60-50(75)44-29-36(69)31-67(44)52(77)43-22-13-25-66(43)51(76)37(56)20-12-24-59-54(57)58/h1-9,14-19,36-44,68-69H,10-13,20-32,55-56H2,(H,60,75)(H,61,70)(H,62,72)(H,63,73)(H,64,74)(H,65,71)(H,78,79)(H4,57,58,59)/t36-,37+,38+,39+,40+,41-,42+,43+,44+/m1/s1. The van der Waals surface area contributed by atoms with Gasteiger partial charge in [0.1, 0.15) is 42.3 Å². The van der Waals surface area contributed by atoms with Crippen molar-refractivity contribution in [1.29, 1.82) is 0 Å². The van der Waals surface area contributed by atoms with Gasteiger partial charge in [0.25, 0.3) is 0 Å². The fourth-order valence-electron chi connectivity index (χ4n) is 9.38. The summed E-state index contributed by atoms with van der Waals surface area (Å²) >= 11 is 0. The van der Waals surface area contributed by atoms with E-state index >= 15 is 0 Å². The third kappa shape index (κ3) is 19.5. The molecule has 0 radical (unpaired) electrons. The van der Waals surface area contributed by atoms with Crippen LogP contribution in [0.25, 0.3) is 0 Å². The van der Waals surface area contributed by atoms with Crippen molar-refractivity contribution in [3.05, 3.63) is 108 Å². The Morgan fingerprint density at radius 2 is 1.13 bits per heavy atom. The first kappa shape index (κ1) is 61.8. The Morgan fingerprint density at radius 1 is 0.633 bits per heavy atom. The summed E-state index contributed by atoms with van der Waals surface area (Å²) in [7, 11) is 0. The van der Waals surface area contributed by atoms with Gasteiger partial charge in [0.05, 0.1) is 25.3 Å². The molecule has 2 aliphatic rings. The number of aliphatic imine (C=N–C) groups is 1. The number of carbonyl (C=O) groups is 9. The zero-order valence-electron chi connectivity index (χ0n) is 44.0. The molecule has 0 aliphatic carbocycles. The summed E-state index contributed by atoms with van der Waals surface area (Å²) < 4.78 is 0. The summed E-state index contributed by atoms with van der Waals surface area (Å²) in [5, 5.41) is 46.4. The Hall–Kier alpha value is -8.00. The van der Waals surface area contributed by atoms with E-state index in [2.05, 4.69) is 36.9 Å². The number of benzene rings is 3. The quantitative estimate of drug-likeness (QED) is 0.0178. The average Bonchev–Trinajstić information content (AvgIpc) is 4.14. The molecular formula is C54H75N13O12. The highest BCUT2D eigenvalue weighted by molar-refractivity contribution is 5.98. The van der Waals surface area contributed by atoms with Crippen molar-refractivity contribution in [3.63, 3.8) is 0 Å². The number of amides is 8. The van der Waals surface area contributed by atoms with Gasteiger partial charge in [0, 0.05) is 45.3 Å². The second kappa shape index (κ2) is 31.4. The number of nitrogens with two attached hydrogens (primary N) is 4. The highest BCUT2D eigenvalue weighted by Crippen LogP contribution is 2.26. The molecule has 25 nitrogen and oxygen atoms in total. The van der Waals surface area contributed by atoms with Crippen LogP contribution in [0.15, 0.2) is 96.0 Å². The topological polar surface area (TPSA) is 409 Å². The molecule has 25 heteroatoms. The number of aliphatic carboxylic acids is 1. The Balaban J connectivity index is 1.26. The third-order valence-electron chi connectivity index (χ3n) is 13.5. The minimum Gasteiger partial charge on any atom is -0.480 e. The minimum atomic E-state index is -1.70. The number of nitrogens with zero attached hydrogens (tertiary/aromatic N) is 3. The maximum absolute atomic E-state index is 14.3. The number of likely N-dealkylation sites (tertiary alicyclic amines) is 2. The van der Waals surface area contributed by atoms with Crippen molar-refractivity contribution in [2.24, 2.45) is 27.9 Å². The van der Waals surface area contributed by atoms with E-state index in [0.717, 1.165) is 0 Å². The summed E-state index contributed by atoms with van der Waals surface area (Å²) in [5.74, 6) is -7.60. The number of nitrogens with one attached hydrogen (secondary N) is 6. The minimum absolute atomic E-state index is 0.0565. The number of carbonyl (C=O) groups excluding carboxylic acids is 8. The van der Waals surface area contributed by atoms with Crippen LogP contribution in [0, 0.1) is 0 Å². The Morgan fingerprint density at radius 3 is 1.62 bits per heavy atom. The van der Waals surface area contributed by atoms with Crippen LogP contribution in [0.5, 0.6) is 0 Å². The van der Waals surface area contributed by atoms with E-state index in [1.165, 1.54) is 9.80 Å². The molecule has 2 aliphatic heterocycles. The molecule has 428 valence electrons. The van der Waals surface area contributed by atoms with Gasteiger partial charge in [-0.3, -0.25) is 43.3 Å². The van der Waals surface area contributed by atoms with Crippen molar-refractivity contribution in [3.8, 4) is 0 Å². The summed E-state index contributed by atoms with van der Waals surface area (Å²) in [6, 6.07) is 15.5. The van der Waals surface area contributed by atoms with Gasteiger partial charge >= 0.3 is 5.97 Å². The van der Waals surface area contributed by atoms with Crippen LogP contribution < -0.4 is 54.8 Å². The maximum atomic E-state index is 14.3. The molecule has 9 atom stereocenters. The largest absolute Gasteiger partial charge is 0.480 e. The smallest absolute Gasteiger partial charge is 0.326 e. The van der Waals surface area contributed by atoms with Gasteiger partial charge in [-0.25, -0.2) is 4.79 Å². The number of carboxylic acid groups (broad SMARTS) is 1. The lowest BCUT2D eigenvalue weighted by molar-refractivity contribution is -0.147. The lowest BCUT2D eigenvalue weighted by atomic mass is 10.0. The molecule has 0 unspecified atom stereocenters. The molecule has 8 amide bonds. The van der Waals surface area contributed by atoms with E-state index in [4.69, 9.17) is 22.9 Å². The molecule has 0 aromatic heterocycles.